The first kappa shape index (κ1) is 5.58. The lowest BCUT2D eigenvalue weighted by atomic mass is 10.1. The van der Waals surface area contributed by atoms with Crippen molar-refractivity contribution in [2.75, 3.05) is 0 Å². The van der Waals surface area contributed by atoms with Crippen LogP contribution in [0, 0.1) is 20.6 Å². The summed E-state index contributed by atoms with van der Waals surface area (Å²) in [6.07, 6.45) is 1.56. The summed E-state index contributed by atoms with van der Waals surface area (Å²) < 4.78 is 46.2. The van der Waals surface area contributed by atoms with Gasteiger partial charge < -0.3 is 0 Å². The second-order valence-electron chi connectivity index (χ2n) is 3.74. The van der Waals surface area contributed by atoms with Crippen molar-refractivity contribution < 1.29 is 12.8 Å². The van der Waals surface area contributed by atoms with Gasteiger partial charge in [0.2, 0.25) is 5.69 Å². The molecule has 0 aromatic carbocycles. The number of pyridine rings is 2. The van der Waals surface area contributed by atoms with Crippen LogP contribution in [0.3, 0.4) is 0 Å². The monoisotopic (exact) mass is 219 g/mol. The molecule has 0 amide bonds. The van der Waals surface area contributed by atoms with Crippen LogP contribution in [0.15, 0.2) is 30.5 Å². The number of nitrogens with zero attached hydrogens (tertiary/aromatic N) is 2. The summed E-state index contributed by atoms with van der Waals surface area (Å²) in [5.41, 5.74) is 2.44. The van der Waals surface area contributed by atoms with Crippen LogP contribution >= 0.6 is 0 Å². The average molecular weight is 219 g/mol. The van der Waals surface area contributed by atoms with Crippen LogP contribution in [0.4, 0.5) is 0 Å². The Bertz CT molecular complexity index is 642. The van der Waals surface area contributed by atoms with Crippen molar-refractivity contribution in [3.63, 3.8) is 0 Å². The lowest BCUT2D eigenvalue weighted by molar-refractivity contribution is -0.660. The van der Waals surface area contributed by atoms with E-state index < -0.39 is 13.7 Å². The Hall–Kier alpha value is -1.70. The highest BCUT2D eigenvalue weighted by Crippen LogP contribution is 2.18. The van der Waals surface area contributed by atoms with E-state index in [1.54, 1.807) is 42.9 Å². The molecule has 0 spiro atoms. The molecule has 0 radical (unpaired) electrons. The standard InChI is InChI=1S/C14H17N2/c1-10-5-8-14(16(4)9-10)13-7-6-11(2)15-12(13)3/h5-9H,1-4H3/q+1/i1D3,2D3. The van der Waals surface area contributed by atoms with Crippen LogP contribution in [0.5, 0.6) is 0 Å². The van der Waals surface area contributed by atoms with Gasteiger partial charge in [0.05, 0.1) is 11.3 Å². The van der Waals surface area contributed by atoms with Gasteiger partial charge in [-0.1, -0.05) is 0 Å². The first-order valence-corrected chi connectivity index (χ1v) is 4.99. The quantitative estimate of drug-likeness (QED) is 0.673. The van der Waals surface area contributed by atoms with Gasteiger partial charge in [0.25, 0.3) is 0 Å². The molecule has 82 valence electrons. The summed E-state index contributed by atoms with van der Waals surface area (Å²) in [5, 5.41) is 0. The molecule has 0 saturated carbocycles. The maximum absolute atomic E-state index is 7.43. The lowest BCUT2D eigenvalue weighted by Gasteiger charge is -2.04. The Balaban J connectivity index is 2.49. The molecular formula is C14H17N2+. The van der Waals surface area contributed by atoms with Crippen molar-refractivity contribution >= 4 is 0 Å². The Labute approximate surface area is 105 Å². The molecule has 0 N–H and O–H groups in total. The normalized spacial score (nSPS) is 17.6. The number of aryl methyl sites for hydroxylation is 4. The Morgan fingerprint density at radius 1 is 1.19 bits per heavy atom. The SMILES string of the molecule is [2H]C([2H])([2H])c1ccc(-c2ccc(C([2H])([2H])[2H])nc2C)[n+](C)c1. The molecule has 2 heteroatoms. The Kier molecular flexibility index (Phi) is 1.41. The molecule has 16 heavy (non-hydrogen) atoms. The molecule has 0 aliphatic carbocycles. The maximum atomic E-state index is 7.43. The van der Waals surface area contributed by atoms with Crippen LogP contribution < -0.4 is 4.57 Å². The van der Waals surface area contributed by atoms with E-state index in [1.807, 2.05) is 0 Å². The van der Waals surface area contributed by atoms with Gasteiger partial charge in [0, 0.05) is 25.5 Å². The number of rotatable bonds is 1. The third-order valence-corrected chi connectivity index (χ3v) is 2.50. The minimum atomic E-state index is -2.24. The molecule has 0 aliphatic rings. The minimum Gasteiger partial charge on any atom is -0.258 e. The second-order valence-corrected chi connectivity index (χ2v) is 3.74. The molecule has 0 bridgehead atoms. The van der Waals surface area contributed by atoms with Crippen LogP contribution in [0.2, 0.25) is 0 Å². The number of hydrogen-bond donors (Lipinski definition) is 0. The van der Waals surface area contributed by atoms with E-state index in [2.05, 4.69) is 4.98 Å². The fraction of sp³-hybridized carbons (Fsp3) is 0.286. The van der Waals surface area contributed by atoms with Crippen molar-refractivity contribution in [1.29, 1.82) is 0 Å². The molecule has 2 heterocycles. The zero-order valence-electron chi connectivity index (χ0n) is 15.3. The molecule has 0 aliphatic heterocycles. The molecule has 0 atom stereocenters. The molecule has 2 nitrogen and oxygen atoms in total. The summed E-state index contributed by atoms with van der Waals surface area (Å²) in [5.74, 6) is 0. The fourth-order valence-corrected chi connectivity index (χ4v) is 1.72. The van der Waals surface area contributed by atoms with Crippen LogP contribution in [-0.4, -0.2) is 4.98 Å². The zero-order valence-corrected chi connectivity index (χ0v) is 9.28. The van der Waals surface area contributed by atoms with E-state index in [0.29, 0.717) is 5.69 Å². The van der Waals surface area contributed by atoms with E-state index in [0.717, 1.165) is 11.3 Å². The first-order chi connectivity index (χ1) is 10.00. The summed E-state index contributed by atoms with van der Waals surface area (Å²) in [6, 6.07) is 6.45. The third-order valence-electron chi connectivity index (χ3n) is 2.50. The number of hydrogen-bond acceptors (Lipinski definition) is 1. The Morgan fingerprint density at radius 2 is 2.06 bits per heavy atom. The van der Waals surface area contributed by atoms with E-state index in [1.165, 1.54) is 6.07 Å². The topological polar surface area (TPSA) is 16.8 Å². The predicted molar refractivity (Wildman–Crippen MR) is 65.1 cm³/mol. The van der Waals surface area contributed by atoms with Crippen molar-refractivity contribution in [1.82, 2.24) is 4.98 Å². The van der Waals surface area contributed by atoms with Crippen LogP contribution in [0.25, 0.3) is 11.3 Å². The minimum absolute atomic E-state index is 0.0514. The smallest absolute Gasteiger partial charge is 0.214 e. The molecule has 0 saturated heterocycles. The van der Waals surface area contributed by atoms with E-state index in [9.17, 15) is 0 Å². The molecular weight excluding hydrogens is 196 g/mol. The summed E-state index contributed by atoms with van der Waals surface area (Å²) in [7, 11) is 1.75. The summed E-state index contributed by atoms with van der Waals surface area (Å²) in [6.45, 7) is -2.66. The third kappa shape index (κ3) is 1.96. The van der Waals surface area contributed by atoms with Crippen molar-refractivity contribution in [3.05, 3.63) is 47.4 Å². The van der Waals surface area contributed by atoms with Crippen molar-refractivity contribution in [3.8, 4) is 11.3 Å². The summed E-state index contributed by atoms with van der Waals surface area (Å²) >= 11 is 0. The second kappa shape index (κ2) is 4.05. The first-order valence-electron chi connectivity index (χ1n) is 7.99. The van der Waals surface area contributed by atoms with Gasteiger partial charge in [-0.05, 0) is 38.8 Å². The van der Waals surface area contributed by atoms with E-state index in [4.69, 9.17) is 8.22 Å². The average Bonchev–Trinajstić information content (AvgIpc) is 2.37. The largest absolute Gasteiger partial charge is 0.258 e. The van der Waals surface area contributed by atoms with Crippen molar-refractivity contribution in [2.45, 2.75) is 20.6 Å². The molecule has 2 rings (SSSR count). The van der Waals surface area contributed by atoms with Crippen LogP contribution in [-0.2, 0) is 7.05 Å². The number of aromatic nitrogens is 2. The van der Waals surface area contributed by atoms with E-state index in [-0.39, 0.29) is 11.3 Å². The van der Waals surface area contributed by atoms with Gasteiger partial charge in [-0.3, -0.25) is 4.98 Å². The molecule has 2 aromatic rings. The van der Waals surface area contributed by atoms with E-state index >= 15 is 0 Å². The van der Waals surface area contributed by atoms with Gasteiger partial charge in [0.1, 0.15) is 7.05 Å². The zero-order chi connectivity index (χ0) is 16.7. The van der Waals surface area contributed by atoms with Gasteiger partial charge in [-0.25, -0.2) is 4.57 Å². The maximum Gasteiger partial charge on any atom is 0.214 e. The van der Waals surface area contributed by atoms with Gasteiger partial charge in [-0.15, -0.1) is 0 Å². The molecule has 2 aromatic heterocycles. The lowest BCUT2D eigenvalue weighted by Crippen LogP contribution is -2.31. The predicted octanol–water partition coefficient (Wildman–Crippen LogP) is 2.50. The highest BCUT2D eigenvalue weighted by molar-refractivity contribution is 5.59. The van der Waals surface area contributed by atoms with Gasteiger partial charge in [-0.2, -0.15) is 0 Å². The molecule has 0 fully saturated rings. The van der Waals surface area contributed by atoms with Crippen molar-refractivity contribution in [2.24, 2.45) is 7.05 Å². The van der Waals surface area contributed by atoms with Crippen LogP contribution in [0.1, 0.15) is 25.2 Å². The highest BCUT2D eigenvalue weighted by Gasteiger charge is 2.12. The van der Waals surface area contributed by atoms with Gasteiger partial charge >= 0.3 is 0 Å². The summed E-state index contributed by atoms with van der Waals surface area (Å²) in [4.78, 5) is 4.15. The fourth-order valence-electron chi connectivity index (χ4n) is 1.72. The highest BCUT2D eigenvalue weighted by atomic mass is 14.9. The van der Waals surface area contributed by atoms with Gasteiger partial charge in [0.15, 0.2) is 6.20 Å². The molecule has 0 unspecified atom stereocenters. The Morgan fingerprint density at radius 3 is 2.69 bits per heavy atom.